The highest BCUT2D eigenvalue weighted by Gasteiger charge is 2.23. The number of fused-ring (bicyclic) bond motifs is 1. The number of halogens is 1. The van der Waals surface area contributed by atoms with E-state index in [1.807, 2.05) is 42.5 Å². The molecule has 1 aliphatic rings. The largest absolute Gasteiger partial charge is 0.497 e. The van der Waals surface area contributed by atoms with Crippen LogP contribution in [0.1, 0.15) is 35.2 Å². The summed E-state index contributed by atoms with van der Waals surface area (Å²) in [5.74, 6) is 2.04. The number of likely N-dealkylation sites (tertiary alicyclic amines) is 1. The lowest BCUT2D eigenvalue weighted by atomic mass is 9.97. The van der Waals surface area contributed by atoms with Crippen molar-refractivity contribution in [3.8, 4) is 27.7 Å². The number of carbonyl (C=O) groups excluding carboxylic acids is 1. The average molecular weight is 536 g/mol. The average Bonchev–Trinajstić information content (AvgIpc) is 3.32. The minimum Gasteiger partial charge on any atom is -0.497 e. The lowest BCUT2D eigenvalue weighted by molar-refractivity contribution is 0.104. The van der Waals surface area contributed by atoms with Crippen LogP contribution in [-0.2, 0) is 0 Å². The van der Waals surface area contributed by atoms with Crippen LogP contribution in [0, 0.1) is 0 Å². The summed E-state index contributed by atoms with van der Waals surface area (Å²) in [5, 5.41) is 1.33. The molecular formula is C30H30ClNO4S. The van der Waals surface area contributed by atoms with E-state index in [1.165, 1.54) is 19.3 Å². The van der Waals surface area contributed by atoms with Gasteiger partial charge in [0.05, 0.1) is 19.2 Å². The summed E-state index contributed by atoms with van der Waals surface area (Å²) in [6.07, 6.45) is 3.81. The van der Waals surface area contributed by atoms with Gasteiger partial charge in [-0.05, 0) is 92.2 Å². The van der Waals surface area contributed by atoms with E-state index in [1.54, 1.807) is 43.8 Å². The third-order valence-electron chi connectivity index (χ3n) is 6.78. The molecular weight excluding hydrogens is 506 g/mol. The van der Waals surface area contributed by atoms with Gasteiger partial charge < -0.3 is 14.2 Å². The molecule has 4 aromatic rings. The van der Waals surface area contributed by atoms with Crippen LogP contribution in [0.15, 0.2) is 60.7 Å². The standard InChI is InChI=1S/C30H30ClNO4S/c1-34-22-9-6-20(7-10-22)30-28(24-12-11-23(35-2)19-27(24)37-30)29(33)21-8-13-26(25(31)18-21)36-17-16-32-14-4-3-5-15-32/h6-13,18-19H,3-5,14-17H2,1-2H3. The number of ketones is 1. The molecule has 0 atom stereocenters. The van der Waals surface area contributed by atoms with Crippen molar-refractivity contribution in [3.63, 3.8) is 0 Å². The van der Waals surface area contributed by atoms with Gasteiger partial charge in [-0.3, -0.25) is 9.69 Å². The number of thiophene rings is 1. The fourth-order valence-corrected chi connectivity index (χ4v) is 6.21. The Hall–Kier alpha value is -3.06. The zero-order valence-corrected chi connectivity index (χ0v) is 22.7. The Morgan fingerprint density at radius 2 is 1.65 bits per heavy atom. The van der Waals surface area contributed by atoms with Crippen molar-refractivity contribution in [2.45, 2.75) is 19.3 Å². The summed E-state index contributed by atoms with van der Waals surface area (Å²) in [4.78, 5) is 17.2. The van der Waals surface area contributed by atoms with Crippen LogP contribution in [0.25, 0.3) is 20.5 Å². The Morgan fingerprint density at radius 1 is 0.919 bits per heavy atom. The van der Waals surface area contributed by atoms with Crippen LogP contribution >= 0.6 is 22.9 Å². The highest BCUT2D eigenvalue weighted by Crippen LogP contribution is 2.42. The second-order valence-corrected chi connectivity index (χ2v) is 10.6. The SMILES string of the molecule is COc1ccc(-c2sc3cc(OC)ccc3c2C(=O)c2ccc(OCCN3CCCCC3)c(Cl)c2)cc1. The molecule has 2 heterocycles. The molecule has 192 valence electrons. The molecule has 0 saturated carbocycles. The van der Waals surface area contributed by atoms with Gasteiger partial charge in [0, 0.05) is 32.6 Å². The second kappa shape index (κ2) is 11.5. The zero-order chi connectivity index (χ0) is 25.8. The first-order chi connectivity index (χ1) is 18.1. The molecule has 3 aromatic carbocycles. The normalized spacial score (nSPS) is 14.0. The Labute approximate surface area is 226 Å². The maximum absolute atomic E-state index is 13.9. The van der Waals surface area contributed by atoms with Crippen LogP contribution in [-0.4, -0.2) is 51.1 Å². The summed E-state index contributed by atoms with van der Waals surface area (Å²) in [6.45, 7) is 3.71. The molecule has 5 rings (SSSR count). The number of nitrogens with zero attached hydrogens (tertiary/aromatic N) is 1. The van der Waals surface area contributed by atoms with Crippen molar-refractivity contribution >= 4 is 38.8 Å². The molecule has 5 nitrogen and oxygen atoms in total. The molecule has 7 heteroatoms. The number of rotatable bonds is 9. The van der Waals surface area contributed by atoms with E-state index in [4.69, 9.17) is 25.8 Å². The third-order valence-corrected chi connectivity index (χ3v) is 8.28. The first-order valence-electron chi connectivity index (χ1n) is 12.5. The molecule has 1 saturated heterocycles. The van der Waals surface area contributed by atoms with Crippen LogP contribution in [0.3, 0.4) is 0 Å². The number of methoxy groups -OCH3 is 2. The van der Waals surface area contributed by atoms with Gasteiger partial charge in [0.25, 0.3) is 0 Å². The van der Waals surface area contributed by atoms with E-state index < -0.39 is 0 Å². The van der Waals surface area contributed by atoms with E-state index >= 15 is 0 Å². The summed E-state index contributed by atoms with van der Waals surface area (Å²) in [6, 6.07) is 18.9. The summed E-state index contributed by atoms with van der Waals surface area (Å²) >= 11 is 8.16. The zero-order valence-electron chi connectivity index (χ0n) is 21.1. The Balaban J connectivity index is 1.44. The molecule has 1 aliphatic heterocycles. The number of hydrogen-bond donors (Lipinski definition) is 0. The number of benzene rings is 3. The monoisotopic (exact) mass is 535 g/mol. The highest BCUT2D eigenvalue weighted by molar-refractivity contribution is 7.22. The first kappa shape index (κ1) is 25.6. The predicted molar refractivity (Wildman–Crippen MR) is 151 cm³/mol. The molecule has 1 aromatic heterocycles. The van der Waals surface area contributed by atoms with Crippen molar-refractivity contribution < 1.29 is 19.0 Å². The lowest BCUT2D eigenvalue weighted by Crippen LogP contribution is -2.33. The molecule has 37 heavy (non-hydrogen) atoms. The summed E-state index contributed by atoms with van der Waals surface area (Å²) in [5.41, 5.74) is 2.13. The van der Waals surface area contributed by atoms with E-state index in [0.29, 0.717) is 28.5 Å². The van der Waals surface area contributed by atoms with Gasteiger partial charge in [-0.2, -0.15) is 0 Å². The second-order valence-electron chi connectivity index (χ2n) is 9.12. The van der Waals surface area contributed by atoms with Crippen molar-refractivity contribution in [1.29, 1.82) is 0 Å². The van der Waals surface area contributed by atoms with Crippen LogP contribution in [0.4, 0.5) is 0 Å². The van der Waals surface area contributed by atoms with Crippen molar-refractivity contribution in [2.24, 2.45) is 0 Å². The Morgan fingerprint density at radius 3 is 2.35 bits per heavy atom. The molecule has 0 spiro atoms. The molecule has 0 bridgehead atoms. The molecule has 0 aliphatic carbocycles. The third kappa shape index (κ3) is 5.61. The van der Waals surface area contributed by atoms with Gasteiger partial charge in [0.2, 0.25) is 0 Å². The maximum Gasteiger partial charge on any atom is 0.195 e. The fraction of sp³-hybridized carbons (Fsp3) is 0.300. The van der Waals surface area contributed by atoms with Gasteiger partial charge >= 0.3 is 0 Å². The van der Waals surface area contributed by atoms with E-state index in [2.05, 4.69) is 4.90 Å². The van der Waals surface area contributed by atoms with Gasteiger partial charge in [0.1, 0.15) is 23.9 Å². The fourth-order valence-electron chi connectivity index (χ4n) is 4.75. The minimum atomic E-state index is -0.0796. The smallest absolute Gasteiger partial charge is 0.195 e. The topological polar surface area (TPSA) is 48.0 Å². The Bertz CT molecular complexity index is 1390. The van der Waals surface area contributed by atoms with Crippen LogP contribution in [0.2, 0.25) is 5.02 Å². The number of piperidine rings is 1. The van der Waals surface area contributed by atoms with Crippen LogP contribution < -0.4 is 14.2 Å². The molecule has 0 N–H and O–H groups in total. The molecule has 0 radical (unpaired) electrons. The van der Waals surface area contributed by atoms with Gasteiger partial charge in [-0.15, -0.1) is 11.3 Å². The van der Waals surface area contributed by atoms with Crippen LogP contribution in [0.5, 0.6) is 17.2 Å². The minimum absolute atomic E-state index is 0.0796. The molecule has 1 fully saturated rings. The van der Waals surface area contributed by atoms with Gasteiger partial charge in [0.15, 0.2) is 5.78 Å². The number of carbonyl (C=O) groups is 1. The van der Waals surface area contributed by atoms with E-state index in [-0.39, 0.29) is 5.78 Å². The van der Waals surface area contributed by atoms with Crippen molar-refractivity contribution in [1.82, 2.24) is 4.90 Å². The Kier molecular flexibility index (Phi) is 7.99. The van der Waals surface area contributed by atoms with Crippen molar-refractivity contribution in [3.05, 3.63) is 76.8 Å². The quantitative estimate of drug-likeness (QED) is 0.210. The summed E-state index contributed by atoms with van der Waals surface area (Å²) < 4.78 is 17.7. The molecule has 0 unspecified atom stereocenters. The lowest BCUT2D eigenvalue weighted by Gasteiger charge is -2.26. The molecule has 0 amide bonds. The summed E-state index contributed by atoms with van der Waals surface area (Å²) in [7, 11) is 3.28. The van der Waals surface area contributed by atoms with E-state index in [9.17, 15) is 4.79 Å². The van der Waals surface area contributed by atoms with Gasteiger partial charge in [-0.1, -0.05) is 18.0 Å². The van der Waals surface area contributed by atoms with Gasteiger partial charge in [-0.25, -0.2) is 0 Å². The maximum atomic E-state index is 13.9. The highest BCUT2D eigenvalue weighted by atomic mass is 35.5. The first-order valence-corrected chi connectivity index (χ1v) is 13.7. The van der Waals surface area contributed by atoms with Crippen molar-refractivity contribution in [2.75, 3.05) is 40.5 Å². The number of ether oxygens (including phenoxy) is 3. The predicted octanol–water partition coefficient (Wildman–Crippen LogP) is 7.33. The number of hydrogen-bond acceptors (Lipinski definition) is 6. The van der Waals surface area contributed by atoms with E-state index in [0.717, 1.165) is 51.7 Å².